The zero-order chi connectivity index (χ0) is 30.7. The molecule has 0 bridgehead atoms. The van der Waals surface area contributed by atoms with Crippen LogP contribution in [0.2, 0.25) is 0 Å². The van der Waals surface area contributed by atoms with Crippen molar-refractivity contribution in [3.05, 3.63) is 121 Å². The monoisotopic (exact) mass is 604 g/mol. The van der Waals surface area contributed by atoms with E-state index in [1.54, 1.807) is 122 Å². The van der Waals surface area contributed by atoms with E-state index in [9.17, 15) is 14.2 Å². The van der Waals surface area contributed by atoms with Crippen LogP contribution in [-0.2, 0) is 29.2 Å². The van der Waals surface area contributed by atoms with Crippen molar-refractivity contribution in [2.24, 2.45) is 0 Å². The van der Waals surface area contributed by atoms with Gasteiger partial charge in [0.2, 0.25) is 0 Å². The van der Waals surface area contributed by atoms with Gasteiger partial charge >= 0.3 is 19.7 Å². The number of carbonyl (C=O) groups is 2. The van der Waals surface area contributed by atoms with Crippen LogP contribution in [0.4, 0.5) is 5.69 Å². The van der Waals surface area contributed by atoms with Crippen LogP contribution in [0.5, 0.6) is 17.2 Å². The van der Waals surface area contributed by atoms with Crippen LogP contribution in [0.25, 0.3) is 0 Å². The highest BCUT2D eigenvalue weighted by molar-refractivity contribution is 7.52. The maximum absolute atomic E-state index is 14.8. The topological polar surface area (TPSA) is 121 Å². The summed E-state index contributed by atoms with van der Waals surface area (Å²) in [4.78, 5) is 27.9. The number of anilines is 1. The van der Waals surface area contributed by atoms with Gasteiger partial charge in [-0.25, -0.2) is 14.2 Å². The van der Waals surface area contributed by atoms with Gasteiger partial charge in [-0.3, -0.25) is 0 Å². The van der Waals surface area contributed by atoms with E-state index in [4.69, 9.17) is 23.3 Å². The molecule has 0 amide bonds. The zero-order valence-electron chi connectivity index (χ0n) is 24.0. The van der Waals surface area contributed by atoms with Crippen LogP contribution in [0.1, 0.15) is 12.5 Å². The van der Waals surface area contributed by atoms with Crippen LogP contribution in [-0.4, -0.2) is 38.8 Å². The predicted octanol–water partition coefficient (Wildman–Crippen LogP) is 5.96. The Balaban J connectivity index is 1.93. The molecule has 0 heterocycles. The Morgan fingerprint density at radius 3 is 1.72 bits per heavy atom. The Morgan fingerprint density at radius 1 is 0.744 bits per heavy atom. The van der Waals surface area contributed by atoms with Crippen LogP contribution < -0.4 is 24.2 Å². The molecular formula is C32H33N2O8P. The van der Waals surface area contributed by atoms with Gasteiger partial charge in [0.05, 0.1) is 20.8 Å². The van der Waals surface area contributed by atoms with Gasteiger partial charge < -0.3 is 28.6 Å². The van der Waals surface area contributed by atoms with Crippen LogP contribution in [0.15, 0.2) is 115 Å². The molecule has 0 fully saturated rings. The minimum Gasteiger partial charge on any atom is -0.497 e. The van der Waals surface area contributed by atoms with E-state index in [-0.39, 0.29) is 23.7 Å². The van der Waals surface area contributed by atoms with Crippen molar-refractivity contribution in [3.63, 3.8) is 0 Å². The van der Waals surface area contributed by atoms with Gasteiger partial charge in [-0.1, -0.05) is 66.7 Å². The Bertz CT molecular complexity index is 1480. The molecule has 0 spiro atoms. The first-order chi connectivity index (χ1) is 20.8. The fourth-order valence-electron chi connectivity index (χ4n) is 4.38. The summed E-state index contributed by atoms with van der Waals surface area (Å²) in [6.07, 6.45) is 0. The lowest BCUT2D eigenvalue weighted by molar-refractivity contribution is -0.157. The summed E-state index contributed by atoms with van der Waals surface area (Å²) in [5.41, 5.74) is -1.54. The fraction of sp³-hybridized carbons (Fsp3) is 0.188. The first-order valence-electron chi connectivity index (χ1n) is 13.4. The molecule has 0 saturated heterocycles. The molecule has 0 aliphatic rings. The van der Waals surface area contributed by atoms with Gasteiger partial charge in [-0.05, 0) is 61.0 Å². The summed E-state index contributed by atoms with van der Waals surface area (Å²) in [6.45, 7) is 1.64. The lowest BCUT2D eigenvalue weighted by atomic mass is 9.83. The van der Waals surface area contributed by atoms with Crippen molar-refractivity contribution in [2.75, 3.05) is 26.1 Å². The molecule has 224 valence electrons. The largest absolute Gasteiger partial charge is 0.514 e. The van der Waals surface area contributed by atoms with E-state index >= 15 is 0 Å². The molecule has 2 atom stereocenters. The van der Waals surface area contributed by atoms with E-state index in [0.29, 0.717) is 11.4 Å². The number of hydrogen-bond donors (Lipinski definition) is 2. The smallest absolute Gasteiger partial charge is 0.497 e. The van der Waals surface area contributed by atoms with E-state index in [1.807, 2.05) is 0 Å². The standard InChI is InChI=1S/C32H33N2O8P/c1-4-40-30(35)29(33-25-20-22-26(38-2)23-21-25)32(31(36)39-3,24-14-8-5-9-15-24)34-43(37,41-27-16-10-6-11-17-27)42-28-18-12-7-13-19-28/h5-23,29,33H,4H2,1-3H3,(H,34,37). The highest BCUT2D eigenvalue weighted by Gasteiger charge is 2.58. The van der Waals surface area contributed by atoms with Gasteiger partial charge in [-0.15, -0.1) is 0 Å². The average molecular weight is 605 g/mol. The summed E-state index contributed by atoms with van der Waals surface area (Å²) < 4.78 is 42.8. The molecule has 4 aromatic carbocycles. The minimum absolute atomic E-state index is 0.00432. The van der Waals surface area contributed by atoms with Crippen molar-refractivity contribution >= 4 is 25.4 Å². The van der Waals surface area contributed by atoms with Crippen LogP contribution >= 0.6 is 7.75 Å². The van der Waals surface area contributed by atoms with Gasteiger partial charge in [0.25, 0.3) is 0 Å². The molecule has 0 radical (unpaired) electrons. The van der Waals surface area contributed by atoms with Crippen molar-refractivity contribution in [1.82, 2.24) is 5.09 Å². The summed E-state index contributed by atoms with van der Waals surface area (Å²) in [5.74, 6) is -0.818. The molecule has 10 nitrogen and oxygen atoms in total. The van der Waals surface area contributed by atoms with E-state index in [0.717, 1.165) is 0 Å². The minimum atomic E-state index is -4.57. The van der Waals surface area contributed by atoms with Gasteiger partial charge in [-0.2, -0.15) is 5.09 Å². The Hall–Kier alpha value is -4.79. The average Bonchev–Trinajstić information content (AvgIpc) is 3.04. The molecule has 0 aliphatic heterocycles. The van der Waals surface area contributed by atoms with Crippen molar-refractivity contribution in [3.8, 4) is 17.2 Å². The predicted molar refractivity (Wildman–Crippen MR) is 162 cm³/mol. The third-order valence-electron chi connectivity index (χ3n) is 6.34. The molecule has 11 heteroatoms. The number of hydrogen-bond acceptors (Lipinski definition) is 9. The zero-order valence-corrected chi connectivity index (χ0v) is 24.9. The third-order valence-corrected chi connectivity index (χ3v) is 7.87. The van der Waals surface area contributed by atoms with E-state index in [1.165, 1.54) is 14.2 Å². The Labute approximate surface area is 250 Å². The second-order valence-electron chi connectivity index (χ2n) is 9.14. The molecule has 43 heavy (non-hydrogen) atoms. The van der Waals surface area contributed by atoms with Gasteiger partial charge in [0.1, 0.15) is 17.2 Å². The van der Waals surface area contributed by atoms with Crippen molar-refractivity contribution < 1.29 is 37.4 Å². The lowest BCUT2D eigenvalue weighted by Crippen LogP contribution is -2.63. The second kappa shape index (κ2) is 14.4. The molecule has 0 saturated carbocycles. The van der Waals surface area contributed by atoms with E-state index in [2.05, 4.69) is 10.4 Å². The fourth-order valence-corrected chi connectivity index (χ4v) is 6.09. The molecule has 4 rings (SSSR count). The molecule has 4 aromatic rings. The van der Waals surface area contributed by atoms with Crippen LogP contribution in [0.3, 0.4) is 0 Å². The highest BCUT2D eigenvalue weighted by Crippen LogP contribution is 2.50. The summed E-state index contributed by atoms with van der Waals surface area (Å²) in [6, 6.07) is 30.1. The number of esters is 2. The number of rotatable bonds is 14. The SMILES string of the molecule is CCOC(=O)C(Nc1ccc(OC)cc1)C(NP(=O)(Oc1ccccc1)Oc1ccccc1)(C(=O)OC)c1ccccc1. The summed E-state index contributed by atoms with van der Waals surface area (Å²) in [5, 5.41) is 5.93. The summed E-state index contributed by atoms with van der Waals surface area (Å²) in [7, 11) is -1.87. The molecule has 0 aliphatic carbocycles. The van der Waals surface area contributed by atoms with Crippen LogP contribution in [0, 0.1) is 0 Å². The number of benzene rings is 4. The lowest BCUT2D eigenvalue weighted by Gasteiger charge is -2.39. The molecule has 2 unspecified atom stereocenters. The van der Waals surface area contributed by atoms with Crippen molar-refractivity contribution in [1.29, 1.82) is 0 Å². The normalized spacial score (nSPS) is 13.1. The Kier molecular flexibility index (Phi) is 10.4. The number of para-hydroxylation sites is 2. The first kappa shape index (κ1) is 31.2. The number of nitrogens with one attached hydrogen (secondary N) is 2. The third kappa shape index (κ3) is 7.54. The number of carbonyl (C=O) groups excluding carboxylic acids is 2. The Morgan fingerprint density at radius 2 is 1.26 bits per heavy atom. The summed E-state index contributed by atoms with van der Waals surface area (Å²) >= 11 is 0. The number of methoxy groups -OCH3 is 2. The van der Waals surface area contributed by atoms with Gasteiger partial charge in [0, 0.05) is 5.69 Å². The molecule has 2 N–H and O–H groups in total. The van der Waals surface area contributed by atoms with Gasteiger partial charge in [0.15, 0.2) is 11.6 Å². The maximum atomic E-state index is 14.8. The number of ether oxygens (including phenoxy) is 3. The van der Waals surface area contributed by atoms with Crippen molar-refractivity contribution in [2.45, 2.75) is 18.5 Å². The molecule has 0 aromatic heterocycles. The second-order valence-corrected chi connectivity index (χ2v) is 10.7. The quantitative estimate of drug-likeness (QED) is 0.132. The maximum Gasteiger partial charge on any atom is 0.514 e. The first-order valence-corrected chi connectivity index (χ1v) is 15.0. The highest BCUT2D eigenvalue weighted by atomic mass is 31.2. The molecular weight excluding hydrogens is 571 g/mol. The van der Waals surface area contributed by atoms with E-state index < -0.39 is 31.3 Å².